The van der Waals surface area contributed by atoms with Crippen LogP contribution in [0.15, 0.2) is 24.5 Å². The van der Waals surface area contributed by atoms with Crippen LogP contribution < -0.4 is 0 Å². The van der Waals surface area contributed by atoms with Crippen LogP contribution in [-0.2, 0) is 9.53 Å². The quantitative estimate of drug-likeness (QED) is 0.795. The van der Waals surface area contributed by atoms with E-state index in [4.69, 9.17) is 4.74 Å². The smallest absolute Gasteiger partial charge is 0.312 e. The van der Waals surface area contributed by atoms with E-state index in [1.807, 2.05) is 13.8 Å². The molecule has 2 unspecified atom stereocenters. The fourth-order valence-corrected chi connectivity index (χ4v) is 1.76. The topological polar surface area (TPSA) is 59.4 Å². The van der Waals surface area contributed by atoms with Crippen LogP contribution in [0.5, 0.6) is 0 Å². The highest BCUT2D eigenvalue weighted by Crippen LogP contribution is 2.28. The van der Waals surface area contributed by atoms with Gasteiger partial charge in [-0.3, -0.25) is 9.78 Å². The predicted molar refractivity (Wildman–Crippen MR) is 64.2 cm³/mol. The van der Waals surface area contributed by atoms with Gasteiger partial charge in [0.1, 0.15) is 0 Å². The predicted octanol–water partition coefficient (Wildman–Crippen LogP) is 1.95. The number of aliphatic hydroxyl groups excluding tert-OH is 1. The SMILES string of the molecule is CCOC(=O)C(C(C)C)C(O)c1cccnc1. The minimum atomic E-state index is -0.872. The number of aliphatic hydroxyl groups is 1. The van der Waals surface area contributed by atoms with Gasteiger partial charge in [0, 0.05) is 12.4 Å². The molecule has 94 valence electrons. The molecule has 0 amide bonds. The maximum absolute atomic E-state index is 11.8. The number of hydrogen-bond acceptors (Lipinski definition) is 4. The number of esters is 1. The summed E-state index contributed by atoms with van der Waals surface area (Å²) in [4.78, 5) is 15.7. The van der Waals surface area contributed by atoms with Crippen molar-refractivity contribution in [2.24, 2.45) is 11.8 Å². The molecule has 2 atom stereocenters. The lowest BCUT2D eigenvalue weighted by atomic mass is 9.87. The maximum atomic E-state index is 11.8. The van der Waals surface area contributed by atoms with Crippen LogP contribution in [0.4, 0.5) is 0 Å². The third-order valence-corrected chi connectivity index (χ3v) is 2.64. The van der Waals surface area contributed by atoms with Gasteiger partial charge in [-0.25, -0.2) is 0 Å². The maximum Gasteiger partial charge on any atom is 0.312 e. The lowest BCUT2D eigenvalue weighted by Gasteiger charge is -2.24. The molecule has 0 aliphatic rings. The van der Waals surface area contributed by atoms with Crippen LogP contribution in [-0.4, -0.2) is 22.7 Å². The normalized spacial score (nSPS) is 14.4. The van der Waals surface area contributed by atoms with Crippen molar-refractivity contribution in [1.29, 1.82) is 0 Å². The lowest BCUT2D eigenvalue weighted by molar-refractivity contribution is -0.154. The number of hydrogen-bond donors (Lipinski definition) is 1. The first-order valence-electron chi connectivity index (χ1n) is 5.82. The number of pyridine rings is 1. The zero-order chi connectivity index (χ0) is 12.8. The molecule has 0 saturated heterocycles. The van der Waals surface area contributed by atoms with Crippen molar-refractivity contribution in [2.45, 2.75) is 26.9 Å². The van der Waals surface area contributed by atoms with E-state index in [-0.39, 0.29) is 11.9 Å². The molecular weight excluding hydrogens is 218 g/mol. The van der Waals surface area contributed by atoms with E-state index in [1.54, 1.807) is 31.5 Å². The standard InChI is InChI=1S/C13H19NO3/c1-4-17-13(16)11(9(2)3)12(15)10-6-5-7-14-8-10/h5-9,11-12,15H,4H2,1-3H3. The van der Waals surface area contributed by atoms with Gasteiger partial charge in [-0.1, -0.05) is 19.9 Å². The van der Waals surface area contributed by atoms with E-state index in [2.05, 4.69) is 4.98 Å². The third kappa shape index (κ3) is 3.53. The average Bonchev–Trinajstić information content (AvgIpc) is 2.30. The van der Waals surface area contributed by atoms with Crippen LogP contribution >= 0.6 is 0 Å². The van der Waals surface area contributed by atoms with Gasteiger partial charge < -0.3 is 9.84 Å². The zero-order valence-electron chi connectivity index (χ0n) is 10.5. The molecule has 4 nitrogen and oxygen atoms in total. The molecule has 0 aliphatic heterocycles. The Bertz CT molecular complexity index is 351. The van der Waals surface area contributed by atoms with E-state index in [0.717, 1.165) is 0 Å². The molecular formula is C13H19NO3. The van der Waals surface area contributed by atoms with Gasteiger partial charge >= 0.3 is 5.97 Å². The fraction of sp³-hybridized carbons (Fsp3) is 0.538. The van der Waals surface area contributed by atoms with Crippen LogP contribution in [0.3, 0.4) is 0 Å². The third-order valence-electron chi connectivity index (χ3n) is 2.64. The number of ether oxygens (including phenoxy) is 1. The van der Waals surface area contributed by atoms with Crippen molar-refractivity contribution in [3.05, 3.63) is 30.1 Å². The van der Waals surface area contributed by atoms with Gasteiger partial charge in [-0.15, -0.1) is 0 Å². The van der Waals surface area contributed by atoms with Gasteiger partial charge in [0.05, 0.1) is 18.6 Å². The van der Waals surface area contributed by atoms with E-state index in [0.29, 0.717) is 12.2 Å². The van der Waals surface area contributed by atoms with E-state index < -0.39 is 12.0 Å². The molecule has 1 heterocycles. The molecule has 0 fully saturated rings. The molecule has 0 aliphatic carbocycles. The van der Waals surface area contributed by atoms with E-state index in [1.165, 1.54) is 0 Å². The second kappa shape index (κ2) is 6.35. The summed E-state index contributed by atoms with van der Waals surface area (Å²) in [5, 5.41) is 10.2. The van der Waals surface area contributed by atoms with Crippen molar-refractivity contribution in [1.82, 2.24) is 4.98 Å². The Balaban J connectivity index is 2.88. The first-order valence-corrected chi connectivity index (χ1v) is 5.82. The summed E-state index contributed by atoms with van der Waals surface area (Å²) in [5.41, 5.74) is 0.638. The second-order valence-corrected chi connectivity index (χ2v) is 4.25. The number of rotatable bonds is 5. The Labute approximate surface area is 102 Å². The van der Waals surface area contributed by atoms with Crippen molar-refractivity contribution >= 4 is 5.97 Å². The molecule has 1 aromatic heterocycles. The van der Waals surface area contributed by atoms with Gasteiger partial charge in [-0.05, 0) is 24.5 Å². The first kappa shape index (κ1) is 13.6. The van der Waals surface area contributed by atoms with Crippen LogP contribution in [0.25, 0.3) is 0 Å². The highest BCUT2D eigenvalue weighted by atomic mass is 16.5. The molecule has 0 bridgehead atoms. The Kier molecular flexibility index (Phi) is 5.10. The highest BCUT2D eigenvalue weighted by molar-refractivity contribution is 5.73. The molecule has 1 N–H and O–H groups in total. The summed E-state index contributed by atoms with van der Waals surface area (Å²) in [6.07, 6.45) is 2.33. The summed E-state index contributed by atoms with van der Waals surface area (Å²) in [5.74, 6) is -0.915. The Morgan fingerprint density at radius 3 is 2.71 bits per heavy atom. The summed E-state index contributed by atoms with van der Waals surface area (Å²) in [7, 11) is 0. The van der Waals surface area contributed by atoms with Crippen molar-refractivity contribution in [2.75, 3.05) is 6.61 Å². The molecule has 1 aromatic rings. The Morgan fingerprint density at radius 2 is 2.24 bits per heavy atom. The van der Waals surface area contributed by atoms with E-state index in [9.17, 15) is 9.90 Å². The largest absolute Gasteiger partial charge is 0.466 e. The molecule has 0 aromatic carbocycles. The van der Waals surface area contributed by atoms with Gasteiger partial charge in [0.15, 0.2) is 0 Å². The van der Waals surface area contributed by atoms with Crippen LogP contribution in [0, 0.1) is 11.8 Å². The zero-order valence-corrected chi connectivity index (χ0v) is 10.5. The average molecular weight is 237 g/mol. The van der Waals surface area contributed by atoms with Gasteiger partial charge in [-0.2, -0.15) is 0 Å². The molecule has 4 heteroatoms. The monoisotopic (exact) mass is 237 g/mol. The Morgan fingerprint density at radius 1 is 1.53 bits per heavy atom. The molecule has 17 heavy (non-hydrogen) atoms. The number of carbonyl (C=O) groups is 1. The first-order chi connectivity index (χ1) is 8.07. The summed E-state index contributed by atoms with van der Waals surface area (Å²) in [6.45, 7) is 5.86. The molecule has 1 rings (SSSR count). The number of nitrogens with zero attached hydrogens (tertiary/aromatic N) is 1. The molecule has 0 radical (unpaired) electrons. The van der Waals surface area contributed by atoms with Crippen molar-refractivity contribution in [3.8, 4) is 0 Å². The summed E-state index contributed by atoms with van der Waals surface area (Å²) in [6, 6.07) is 3.49. The van der Waals surface area contributed by atoms with Crippen LogP contribution in [0.1, 0.15) is 32.4 Å². The Hall–Kier alpha value is -1.42. The molecule has 0 spiro atoms. The van der Waals surface area contributed by atoms with Crippen LogP contribution in [0.2, 0.25) is 0 Å². The highest BCUT2D eigenvalue weighted by Gasteiger charge is 2.32. The second-order valence-electron chi connectivity index (χ2n) is 4.25. The lowest BCUT2D eigenvalue weighted by Crippen LogP contribution is -2.29. The van der Waals surface area contributed by atoms with Crippen molar-refractivity contribution in [3.63, 3.8) is 0 Å². The van der Waals surface area contributed by atoms with Gasteiger partial charge in [0.25, 0.3) is 0 Å². The fourth-order valence-electron chi connectivity index (χ4n) is 1.76. The minimum Gasteiger partial charge on any atom is -0.466 e. The summed E-state index contributed by atoms with van der Waals surface area (Å²) < 4.78 is 4.99. The van der Waals surface area contributed by atoms with E-state index >= 15 is 0 Å². The minimum absolute atomic E-state index is 0.00394. The number of carbonyl (C=O) groups excluding carboxylic acids is 1. The summed E-state index contributed by atoms with van der Waals surface area (Å²) >= 11 is 0. The number of aromatic nitrogens is 1. The van der Waals surface area contributed by atoms with Crippen molar-refractivity contribution < 1.29 is 14.6 Å². The molecule has 0 saturated carbocycles. The van der Waals surface area contributed by atoms with Gasteiger partial charge in [0.2, 0.25) is 0 Å².